The highest BCUT2D eigenvalue weighted by Gasteiger charge is 2.22. The molecule has 5 nitrogen and oxygen atoms in total. The summed E-state index contributed by atoms with van der Waals surface area (Å²) in [6, 6.07) is 23.3. The van der Waals surface area contributed by atoms with E-state index in [1.807, 2.05) is 24.3 Å². The molecule has 172 valence electrons. The molecule has 0 bridgehead atoms. The Morgan fingerprint density at radius 3 is 2.30 bits per heavy atom. The zero-order chi connectivity index (χ0) is 23.3. The minimum atomic E-state index is -3.46. The van der Waals surface area contributed by atoms with Crippen molar-refractivity contribution in [1.29, 1.82) is 0 Å². The van der Waals surface area contributed by atoms with Crippen molar-refractivity contribution in [3.8, 4) is 0 Å². The number of hydrogen-bond acceptors (Lipinski definition) is 4. The summed E-state index contributed by atoms with van der Waals surface area (Å²) < 4.78 is 25.3. The minimum absolute atomic E-state index is 0.107. The Balaban J connectivity index is 1.31. The van der Waals surface area contributed by atoms with Crippen molar-refractivity contribution in [1.82, 2.24) is 10.2 Å². The topological polar surface area (TPSA) is 66.5 Å². The van der Waals surface area contributed by atoms with Gasteiger partial charge in [-0.2, -0.15) is 0 Å². The van der Waals surface area contributed by atoms with E-state index in [2.05, 4.69) is 10.2 Å². The second-order valence-corrected chi connectivity index (χ2v) is 10.8. The molecule has 1 N–H and O–H groups in total. The molecule has 1 heterocycles. The summed E-state index contributed by atoms with van der Waals surface area (Å²) >= 11 is 5.96. The van der Waals surface area contributed by atoms with Gasteiger partial charge in [0.25, 0.3) is 5.91 Å². The number of carbonyl (C=O) groups excluding carboxylic acids is 1. The van der Waals surface area contributed by atoms with E-state index >= 15 is 0 Å². The Kier molecular flexibility index (Phi) is 7.48. The average Bonchev–Trinajstić information content (AvgIpc) is 2.82. The number of halogens is 1. The molecule has 7 heteroatoms. The molecular weight excluding hydrogens is 456 g/mol. The standard InChI is InChI=1S/C26H27ClN2O3S/c27-23-11-9-20(10-12-23)18-29-15-13-24(14-16-29)28-26(30)22-6-4-5-21(17-22)19-33(31,32)25-7-2-1-3-8-25/h1-12,17,24H,13-16,18-19H2,(H,28,30). The van der Waals surface area contributed by atoms with Crippen LogP contribution in [0.5, 0.6) is 0 Å². The lowest BCUT2D eigenvalue weighted by molar-refractivity contribution is 0.0909. The molecule has 0 aromatic heterocycles. The van der Waals surface area contributed by atoms with Gasteiger partial charge in [-0.3, -0.25) is 9.69 Å². The predicted octanol–water partition coefficient (Wildman–Crippen LogP) is 4.71. The smallest absolute Gasteiger partial charge is 0.251 e. The van der Waals surface area contributed by atoms with Gasteiger partial charge in [0, 0.05) is 36.3 Å². The Morgan fingerprint density at radius 2 is 1.61 bits per heavy atom. The van der Waals surface area contributed by atoms with Gasteiger partial charge in [-0.15, -0.1) is 0 Å². The van der Waals surface area contributed by atoms with Crippen molar-refractivity contribution in [2.45, 2.75) is 36.1 Å². The largest absolute Gasteiger partial charge is 0.349 e. The third-order valence-electron chi connectivity index (χ3n) is 5.89. The summed E-state index contributed by atoms with van der Waals surface area (Å²) in [7, 11) is -3.46. The summed E-state index contributed by atoms with van der Waals surface area (Å²) in [4.78, 5) is 15.5. The maximum atomic E-state index is 12.8. The van der Waals surface area contributed by atoms with Crippen molar-refractivity contribution in [2.75, 3.05) is 13.1 Å². The lowest BCUT2D eigenvalue weighted by Gasteiger charge is -2.32. The van der Waals surface area contributed by atoms with E-state index < -0.39 is 9.84 Å². The number of sulfone groups is 1. The first-order valence-electron chi connectivity index (χ1n) is 11.0. The van der Waals surface area contributed by atoms with Crippen LogP contribution in [0.2, 0.25) is 5.02 Å². The average molecular weight is 483 g/mol. The van der Waals surface area contributed by atoms with Crippen LogP contribution in [0.1, 0.15) is 34.3 Å². The first-order chi connectivity index (χ1) is 15.9. The summed E-state index contributed by atoms with van der Waals surface area (Å²) in [5.41, 5.74) is 2.31. The highest BCUT2D eigenvalue weighted by molar-refractivity contribution is 7.90. The molecule has 0 radical (unpaired) electrons. The van der Waals surface area contributed by atoms with Crippen molar-refractivity contribution < 1.29 is 13.2 Å². The molecule has 0 aliphatic carbocycles. The van der Waals surface area contributed by atoms with Gasteiger partial charge in [0.2, 0.25) is 0 Å². The van der Waals surface area contributed by atoms with Gasteiger partial charge in [0.15, 0.2) is 9.84 Å². The molecule has 1 saturated heterocycles. The second-order valence-electron chi connectivity index (χ2n) is 8.42. The molecule has 4 rings (SSSR count). The Labute approximate surface area is 200 Å². The predicted molar refractivity (Wildman–Crippen MR) is 131 cm³/mol. The lowest BCUT2D eigenvalue weighted by atomic mass is 10.0. The van der Waals surface area contributed by atoms with Crippen molar-refractivity contribution in [3.05, 3.63) is 101 Å². The van der Waals surface area contributed by atoms with Gasteiger partial charge >= 0.3 is 0 Å². The maximum Gasteiger partial charge on any atom is 0.251 e. The molecule has 0 spiro atoms. The highest BCUT2D eigenvalue weighted by Crippen LogP contribution is 2.19. The molecule has 0 saturated carbocycles. The number of nitrogens with zero attached hydrogens (tertiary/aromatic N) is 1. The van der Waals surface area contributed by atoms with E-state index in [-0.39, 0.29) is 22.6 Å². The zero-order valence-corrected chi connectivity index (χ0v) is 19.9. The monoisotopic (exact) mass is 482 g/mol. The molecule has 1 fully saturated rings. The fraction of sp³-hybridized carbons (Fsp3) is 0.269. The summed E-state index contributed by atoms with van der Waals surface area (Å²) in [6.45, 7) is 2.68. The number of carbonyl (C=O) groups is 1. The number of nitrogens with one attached hydrogen (secondary N) is 1. The molecule has 0 unspecified atom stereocenters. The molecule has 33 heavy (non-hydrogen) atoms. The summed E-state index contributed by atoms with van der Waals surface area (Å²) in [6.07, 6.45) is 1.75. The third kappa shape index (κ3) is 6.44. The number of hydrogen-bond donors (Lipinski definition) is 1. The van der Waals surface area contributed by atoms with E-state index in [1.54, 1.807) is 54.6 Å². The number of rotatable bonds is 7. The van der Waals surface area contributed by atoms with Crippen LogP contribution in [0, 0.1) is 0 Å². The first-order valence-corrected chi connectivity index (χ1v) is 13.1. The van der Waals surface area contributed by atoms with Gasteiger partial charge in [-0.1, -0.05) is 54.1 Å². The van der Waals surface area contributed by atoms with Crippen molar-refractivity contribution in [2.24, 2.45) is 0 Å². The second kappa shape index (κ2) is 10.5. The van der Waals surface area contributed by atoms with E-state index in [0.717, 1.165) is 37.5 Å². The van der Waals surface area contributed by atoms with Gasteiger partial charge in [0.1, 0.15) is 0 Å². The molecule has 3 aromatic carbocycles. The minimum Gasteiger partial charge on any atom is -0.349 e. The van der Waals surface area contributed by atoms with E-state index in [9.17, 15) is 13.2 Å². The number of benzene rings is 3. The van der Waals surface area contributed by atoms with Crippen LogP contribution in [0.3, 0.4) is 0 Å². The number of piperidine rings is 1. The van der Waals surface area contributed by atoms with Crippen LogP contribution in [-0.4, -0.2) is 38.4 Å². The Hall–Kier alpha value is -2.67. The maximum absolute atomic E-state index is 12.8. The van der Waals surface area contributed by atoms with Crippen LogP contribution < -0.4 is 5.32 Å². The molecule has 1 aliphatic heterocycles. The molecule has 1 aliphatic rings. The van der Waals surface area contributed by atoms with E-state index in [4.69, 9.17) is 11.6 Å². The van der Waals surface area contributed by atoms with Gasteiger partial charge in [-0.25, -0.2) is 8.42 Å². The van der Waals surface area contributed by atoms with E-state index in [0.29, 0.717) is 11.1 Å². The lowest BCUT2D eigenvalue weighted by Crippen LogP contribution is -2.44. The highest BCUT2D eigenvalue weighted by atomic mass is 35.5. The fourth-order valence-corrected chi connectivity index (χ4v) is 5.57. The quantitative estimate of drug-likeness (QED) is 0.529. The van der Waals surface area contributed by atoms with Gasteiger partial charge in [0.05, 0.1) is 10.6 Å². The van der Waals surface area contributed by atoms with Crippen LogP contribution in [0.15, 0.2) is 83.8 Å². The van der Waals surface area contributed by atoms with Crippen molar-refractivity contribution in [3.63, 3.8) is 0 Å². The zero-order valence-electron chi connectivity index (χ0n) is 18.3. The number of likely N-dealkylation sites (tertiary alicyclic amines) is 1. The van der Waals surface area contributed by atoms with Crippen molar-refractivity contribution >= 4 is 27.3 Å². The summed E-state index contributed by atoms with van der Waals surface area (Å²) in [5, 5.41) is 3.85. The van der Waals surface area contributed by atoms with Crippen LogP contribution in [-0.2, 0) is 22.1 Å². The normalized spacial score (nSPS) is 15.3. The van der Waals surface area contributed by atoms with Crippen LogP contribution in [0.25, 0.3) is 0 Å². The molecule has 3 aromatic rings. The number of amides is 1. The third-order valence-corrected chi connectivity index (χ3v) is 7.85. The van der Waals surface area contributed by atoms with E-state index in [1.165, 1.54) is 5.56 Å². The van der Waals surface area contributed by atoms with Crippen LogP contribution >= 0.6 is 11.6 Å². The van der Waals surface area contributed by atoms with Gasteiger partial charge in [-0.05, 0) is 60.4 Å². The Bertz CT molecular complexity index is 1190. The van der Waals surface area contributed by atoms with Gasteiger partial charge < -0.3 is 5.32 Å². The molecule has 0 atom stereocenters. The molecular formula is C26H27ClN2O3S. The SMILES string of the molecule is O=C(NC1CCN(Cc2ccc(Cl)cc2)CC1)c1cccc(CS(=O)(=O)c2ccccc2)c1. The fourth-order valence-electron chi connectivity index (χ4n) is 4.09. The summed E-state index contributed by atoms with van der Waals surface area (Å²) in [5.74, 6) is -0.300. The first kappa shape index (κ1) is 23.5. The Morgan fingerprint density at radius 1 is 0.909 bits per heavy atom. The molecule has 1 amide bonds. The van der Waals surface area contributed by atoms with Crippen LogP contribution in [0.4, 0.5) is 0 Å².